The molecule has 3 nitrogen and oxygen atoms in total. The molecule has 0 aliphatic rings. The van der Waals surface area contributed by atoms with Gasteiger partial charge >= 0.3 is 0 Å². The van der Waals surface area contributed by atoms with E-state index in [2.05, 4.69) is 16.7 Å². The topological polar surface area (TPSA) is 50.7 Å². The van der Waals surface area contributed by atoms with Gasteiger partial charge < -0.3 is 5.73 Å². The molecule has 1 rings (SSSR count). The van der Waals surface area contributed by atoms with Crippen molar-refractivity contribution in [3.8, 4) is 0 Å². The van der Waals surface area contributed by atoms with Crippen LogP contribution in [0.3, 0.4) is 0 Å². The van der Waals surface area contributed by atoms with Crippen molar-refractivity contribution in [2.45, 2.75) is 6.92 Å². The number of hydrogen-bond acceptors (Lipinski definition) is 3. The molecule has 0 amide bonds. The van der Waals surface area contributed by atoms with Gasteiger partial charge in [-0.2, -0.15) is 0 Å². The smallest absolute Gasteiger partial charge is 0.151 e. The van der Waals surface area contributed by atoms with Crippen LogP contribution in [0, 0.1) is 0 Å². The first-order valence-electron chi connectivity index (χ1n) is 4.59. The summed E-state index contributed by atoms with van der Waals surface area (Å²) < 4.78 is 0. The van der Waals surface area contributed by atoms with Crippen LogP contribution < -0.4 is 5.73 Å². The lowest BCUT2D eigenvalue weighted by Gasteiger charge is -2.07. The highest BCUT2D eigenvalue weighted by atomic mass is 35.5. The largest absolute Gasteiger partial charge is 0.382 e. The third-order valence-electron chi connectivity index (χ3n) is 1.88. The summed E-state index contributed by atoms with van der Waals surface area (Å²) in [7, 11) is 0. The molecular weight excluding hydrogens is 281 g/mol. The van der Waals surface area contributed by atoms with Crippen LogP contribution in [0.25, 0.3) is 5.70 Å². The standard InChI is InChI=1S/C11H10Cl3N3/c1-6(12)17-11(15)10(16-2)7-4-3-5-8(13)9(7)14/h3-5H,2,15H2,1H3/b11-10-,17-6?. The quantitative estimate of drug-likeness (QED) is 0.842. The van der Waals surface area contributed by atoms with Crippen molar-refractivity contribution >= 4 is 52.4 Å². The van der Waals surface area contributed by atoms with Gasteiger partial charge in [-0.25, -0.2) is 4.99 Å². The van der Waals surface area contributed by atoms with Crippen molar-refractivity contribution in [2.75, 3.05) is 0 Å². The fourth-order valence-corrected chi connectivity index (χ4v) is 1.69. The van der Waals surface area contributed by atoms with E-state index < -0.39 is 0 Å². The van der Waals surface area contributed by atoms with E-state index in [4.69, 9.17) is 40.5 Å². The van der Waals surface area contributed by atoms with Gasteiger partial charge in [-0.3, -0.25) is 4.99 Å². The number of benzene rings is 1. The second-order valence-corrected chi connectivity index (χ2v) is 4.43. The lowest BCUT2D eigenvalue weighted by Crippen LogP contribution is -2.00. The molecule has 2 N–H and O–H groups in total. The Labute approximate surface area is 115 Å². The zero-order valence-corrected chi connectivity index (χ0v) is 11.3. The Morgan fingerprint density at radius 1 is 1.35 bits per heavy atom. The molecule has 0 spiro atoms. The SMILES string of the molecule is C=N/C(=C(/N)N=C(C)Cl)c1cccc(Cl)c1Cl. The summed E-state index contributed by atoms with van der Waals surface area (Å²) in [5.74, 6) is 0.136. The molecule has 0 unspecified atom stereocenters. The van der Waals surface area contributed by atoms with E-state index >= 15 is 0 Å². The Morgan fingerprint density at radius 3 is 2.53 bits per heavy atom. The highest BCUT2D eigenvalue weighted by molar-refractivity contribution is 6.64. The van der Waals surface area contributed by atoms with Crippen molar-refractivity contribution in [3.05, 3.63) is 39.6 Å². The van der Waals surface area contributed by atoms with Crippen molar-refractivity contribution in [1.29, 1.82) is 0 Å². The molecule has 0 saturated heterocycles. The van der Waals surface area contributed by atoms with Gasteiger partial charge in [0.1, 0.15) is 10.9 Å². The van der Waals surface area contributed by atoms with Crippen LogP contribution in [0.15, 0.2) is 34.0 Å². The molecule has 0 saturated carbocycles. The van der Waals surface area contributed by atoms with Gasteiger partial charge in [0.15, 0.2) is 5.82 Å². The van der Waals surface area contributed by atoms with Crippen LogP contribution in [0.1, 0.15) is 12.5 Å². The molecule has 0 heterocycles. The molecular formula is C11H10Cl3N3. The van der Waals surface area contributed by atoms with Crippen molar-refractivity contribution in [1.82, 2.24) is 0 Å². The Bertz CT molecular complexity index is 503. The highest BCUT2D eigenvalue weighted by Gasteiger charge is 2.11. The van der Waals surface area contributed by atoms with Gasteiger partial charge in [-0.05, 0) is 19.7 Å². The molecule has 6 heteroatoms. The van der Waals surface area contributed by atoms with Crippen molar-refractivity contribution in [3.63, 3.8) is 0 Å². The minimum atomic E-state index is 0.136. The van der Waals surface area contributed by atoms with Crippen LogP contribution >= 0.6 is 34.8 Å². The fraction of sp³-hybridized carbons (Fsp3) is 0.0909. The average Bonchev–Trinajstić information content (AvgIpc) is 2.24. The van der Waals surface area contributed by atoms with Gasteiger partial charge in [0.25, 0.3) is 0 Å². The molecule has 0 radical (unpaired) electrons. The summed E-state index contributed by atoms with van der Waals surface area (Å²) >= 11 is 17.6. The Kier molecular flexibility index (Phi) is 5.00. The lowest BCUT2D eigenvalue weighted by atomic mass is 10.1. The summed E-state index contributed by atoms with van der Waals surface area (Å²) in [6, 6.07) is 5.13. The number of halogens is 3. The van der Waals surface area contributed by atoms with Gasteiger partial charge in [0.2, 0.25) is 0 Å². The molecule has 0 bridgehead atoms. The zero-order valence-electron chi connectivity index (χ0n) is 9.04. The average molecular weight is 291 g/mol. The number of aliphatic imine (C=N–C) groups is 2. The molecule has 0 atom stereocenters. The second-order valence-electron chi connectivity index (χ2n) is 3.10. The lowest BCUT2D eigenvalue weighted by molar-refractivity contribution is 1.23. The van der Waals surface area contributed by atoms with E-state index in [1.165, 1.54) is 0 Å². The van der Waals surface area contributed by atoms with Gasteiger partial charge in [-0.1, -0.05) is 46.9 Å². The van der Waals surface area contributed by atoms with Gasteiger partial charge in [-0.15, -0.1) is 0 Å². The molecule has 0 aliphatic heterocycles. The maximum absolute atomic E-state index is 6.06. The Balaban J connectivity index is 3.42. The normalized spacial score (nSPS) is 13.3. The first kappa shape index (κ1) is 14.0. The van der Waals surface area contributed by atoms with Crippen LogP contribution in [-0.2, 0) is 0 Å². The van der Waals surface area contributed by atoms with Gasteiger partial charge in [0, 0.05) is 5.56 Å². The predicted octanol–water partition coefficient (Wildman–Crippen LogP) is 3.94. The van der Waals surface area contributed by atoms with E-state index in [0.717, 1.165) is 0 Å². The third-order valence-corrected chi connectivity index (χ3v) is 2.79. The van der Waals surface area contributed by atoms with Crippen molar-refractivity contribution in [2.24, 2.45) is 15.7 Å². The Hall–Kier alpha value is -1.03. The van der Waals surface area contributed by atoms with E-state index in [-0.39, 0.29) is 5.82 Å². The zero-order chi connectivity index (χ0) is 13.0. The molecule has 90 valence electrons. The number of nitrogens with zero attached hydrogens (tertiary/aromatic N) is 2. The molecule has 0 aromatic heterocycles. The maximum atomic E-state index is 6.06. The van der Waals surface area contributed by atoms with E-state index in [1.54, 1.807) is 25.1 Å². The summed E-state index contributed by atoms with van der Waals surface area (Å²) in [5.41, 5.74) is 6.66. The minimum absolute atomic E-state index is 0.136. The monoisotopic (exact) mass is 289 g/mol. The van der Waals surface area contributed by atoms with Crippen LogP contribution in [0.4, 0.5) is 0 Å². The molecule has 0 fully saturated rings. The number of hydrogen-bond donors (Lipinski definition) is 1. The summed E-state index contributed by atoms with van der Waals surface area (Å²) in [4.78, 5) is 7.71. The fourth-order valence-electron chi connectivity index (χ4n) is 1.21. The van der Waals surface area contributed by atoms with E-state index in [1.807, 2.05) is 0 Å². The van der Waals surface area contributed by atoms with Crippen LogP contribution in [-0.4, -0.2) is 11.9 Å². The van der Waals surface area contributed by atoms with Crippen LogP contribution in [0.5, 0.6) is 0 Å². The second kappa shape index (κ2) is 6.05. The first-order valence-corrected chi connectivity index (χ1v) is 5.72. The van der Waals surface area contributed by atoms with E-state index in [9.17, 15) is 0 Å². The molecule has 1 aromatic rings. The predicted molar refractivity (Wildman–Crippen MR) is 76.1 cm³/mol. The first-order chi connectivity index (χ1) is 7.97. The van der Waals surface area contributed by atoms with Crippen LogP contribution in [0.2, 0.25) is 10.0 Å². The molecule has 17 heavy (non-hydrogen) atoms. The van der Waals surface area contributed by atoms with Gasteiger partial charge in [0.05, 0.1) is 10.0 Å². The van der Waals surface area contributed by atoms with E-state index in [0.29, 0.717) is 26.5 Å². The summed E-state index contributed by atoms with van der Waals surface area (Å²) in [6.45, 7) is 5.04. The Morgan fingerprint density at radius 2 is 2.00 bits per heavy atom. The van der Waals surface area contributed by atoms with Crippen molar-refractivity contribution < 1.29 is 0 Å². The highest BCUT2D eigenvalue weighted by Crippen LogP contribution is 2.31. The maximum Gasteiger partial charge on any atom is 0.151 e. The third kappa shape index (κ3) is 3.46. The molecule has 1 aromatic carbocycles. The number of rotatable bonds is 3. The summed E-state index contributed by atoms with van der Waals surface area (Å²) in [6.07, 6.45) is 0. The molecule has 0 aliphatic carbocycles. The number of nitrogens with two attached hydrogens (primary N) is 1. The summed E-state index contributed by atoms with van der Waals surface area (Å²) in [5, 5.41) is 1.05. The minimum Gasteiger partial charge on any atom is -0.382 e.